The number of carbonyl (C=O) groups is 2. The van der Waals surface area contributed by atoms with E-state index in [1.165, 1.54) is 4.90 Å². The molecule has 1 aliphatic rings. The summed E-state index contributed by atoms with van der Waals surface area (Å²) in [5, 5.41) is 9.36. The molecular weight excluding hydrogens is 298 g/mol. The Bertz CT molecular complexity index is 557. The summed E-state index contributed by atoms with van der Waals surface area (Å²) in [6.07, 6.45) is 0.555. The third-order valence-corrected chi connectivity index (χ3v) is 4.15. The van der Waals surface area contributed by atoms with Crippen LogP contribution in [0.1, 0.15) is 26.7 Å². The van der Waals surface area contributed by atoms with Gasteiger partial charge in [-0.25, -0.2) is 4.79 Å². The first-order valence-corrected chi connectivity index (χ1v) is 7.76. The highest BCUT2D eigenvalue weighted by Crippen LogP contribution is 2.24. The Morgan fingerprint density at radius 3 is 2.43 bits per heavy atom. The standard InChI is InChI=1S/C17H23NO5/c1-11-8-9-18(15(10-11)17(20)21)16(19)12(2)23-14-6-4-13(22-3)5-7-14/h4-7,11-12,15H,8-10H2,1-3H3,(H,20,21). The van der Waals surface area contributed by atoms with Crippen LogP contribution in [0.2, 0.25) is 0 Å². The van der Waals surface area contributed by atoms with Crippen molar-refractivity contribution in [1.29, 1.82) is 0 Å². The van der Waals surface area contributed by atoms with E-state index in [1.54, 1.807) is 38.3 Å². The number of rotatable bonds is 5. The van der Waals surface area contributed by atoms with Crippen molar-refractivity contribution in [3.63, 3.8) is 0 Å². The summed E-state index contributed by atoms with van der Waals surface area (Å²) in [6.45, 7) is 4.10. The van der Waals surface area contributed by atoms with Gasteiger partial charge in [-0.2, -0.15) is 0 Å². The maximum Gasteiger partial charge on any atom is 0.326 e. The van der Waals surface area contributed by atoms with Crippen LogP contribution >= 0.6 is 0 Å². The summed E-state index contributed by atoms with van der Waals surface area (Å²) < 4.78 is 10.7. The number of piperidine rings is 1. The zero-order valence-electron chi connectivity index (χ0n) is 13.7. The lowest BCUT2D eigenvalue weighted by atomic mass is 9.92. The Morgan fingerprint density at radius 2 is 1.87 bits per heavy atom. The molecule has 1 fully saturated rings. The first-order valence-electron chi connectivity index (χ1n) is 7.76. The topological polar surface area (TPSA) is 76.1 Å². The fourth-order valence-corrected chi connectivity index (χ4v) is 2.78. The van der Waals surface area contributed by atoms with Crippen LogP contribution in [0.25, 0.3) is 0 Å². The number of hydrogen-bond acceptors (Lipinski definition) is 4. The molecule has 3 atom stereocenters. The number of amides is 1. The lowest BCUT2D eigenvalue weighted by Crippen LogP contribution is -2.53. The van der Waals surface area contributed by atoms with Crippen LogP contribution in [0.15, 0.2) is 24.3 Å². The van der Waals surface area contributed by atoms with Crippen molar-refractivity contribution in [2.75, 3.05) is 13.7 Å². The maximum atomic E-state index is 12.6. The molecule has 0 bridgehead atoms. The molecule has 1 aromatic carbocycles. The molecule has 1 N–H and O–H groups in total. The number of ether oxygens (including phenoxy) is 2. The van der Waals surface area contributed by atoms with Crippen molar-refractivity contribution in [3.05, 3.63) is 24.3 Å². The van der Waals surface area contributed by atoms with Crippen LogP contribution in [0.3, 0.4) is 0 Å². The normalized spacial score (nSPS) is 22.3. The molecule has 0 radical (unpaired) electrons. The second-order valence-electron chi connectivity index (χ2n) is 5.95. The second kappa shape index (κ2) is 7.35. The van der Waals surface area contributed by atoms with Gasteiger partial charge in [0.05, 0.1) is 7.11 Å². The van der Waals surface area contributed by atoms with E-state index in [0.29, 0.717) is 30.4 Å². The number of carbonyl (C=O) groups excluding carboxylic acids is 1. The van der Waals surface area contributed by atoms with Gasteiger partial charge >= 0.3 is 5.97 Å². The first kappa shape index (κ1) is 17.1. The monoisotopic (exact) mass is 321 g/mol. The Kier molecular flexibility index (Phi) is 5.47. The number of benzene rings is 1. The van der Waals surface area contributed by atoms with Gasteiger partial charge in [0.15, 0.2) is 6.10 Å². The Labute approximate surface area is 136 Å². The van der Waals surface area contributed by atoms with E-state index < -0.39 is 18.1 Å². The lowest BCUT2D eigenvalue weighted by molar-refractivity contribution is -0.156. The number of carboxylic acid groups (broad SMARTS) is 1. The molecule has 3 unspecified atom stereocenters. The predicted octanol–water partition coefficient (Wildman–Crippen LogP) is 2.17. The quantitative estimate of drug-likeness (QED) is 0.899. The van der Waals surface area contributed by atoms with E-state index in [-0.39, 0.29) is 5.91 Å². The number of carboxylic acids is 1. The molecule has 23 heavy (non-hydrogen) atoms. The minimum Gasteiger partial charge on any atom is -0.497 e. The van der Waals surface area contributed by atoms with Crippen molar-refractivity contribution in [2.24, 2.45) is 5.92 Å². The first-order chi connectivity index (χ1) is 10.9. The highest BCUT2D eigenvalue weighted by molar-refractivity contribution is 5.86. The average molecular weight is 321 g/mol. The summed E-state index contributed by atoms with van der Waals surface area (Å²) >= 11 is 0. The third kappa shape index (κ3) is 4.15. The van der Waals surface area contributed by atoms with E-state index in [2.05, 4.69) is 0 Å². The summed E-state index contributed by atoms with van der Waals surface area (Å²) in [4.78, 5) is 25.4. The highest BCUT2D eigenvalue weighted by atomic mass is 16.5. The highest BCUT2D eigenvalue weighted by Gasteiger charge is 2.37. The second-order valence-corrected chi connectivity index (χ2v) is 5.95. The van der Waals surface area contributed by atoms with Crippen LogP contribution in [0.4, 0.5) is 0 Å². The molecule has 0 spiro atoms. The van der Waals surface area contributed by atoms with Gasteiger partial charge in [-0.3, -0.25) is 4.79 Å². The number of nitrogens with zero attached hydrogens (tertiary/aromatic N) is 1. The fourth-order valence-electron chi connectivity index (χ4n) is 2.78. The zero-order valence-corrected chi connectivity index (χ0v) is 13.7. The summed E-state index contributed by atoms with van der Waals surface area (Å²) in [5.41, 5.74) is 0. The van der Waals surface area contributed by atoms with E-state index in [1.807, 2.05) is 6.92 Å². The van der Waals surface area contributed by atoms with Gasteiger partial charge in [-0.1, -0.05) is 6.92 Å². The molecule has 0 saturated carbocycles. The molecule has 1 aliphatic heterocycles. The van der Waals surface area contributed by atoms with Crippen LogP contribution in [-0.4, -0.2) is 47.7 Å². The molecule has 2 rings (SSSR count). The largest absolute Gasteiger partial charge is 0.497 e. The van der Waals surface area contributed by atoms with Gasteiger partial charge in [-0.15, -0.1) is 0 Å². The molecule has 126 valence electrons. The molecule has 0 aromatic heterocycles. The van der Waals surface area contributed by atoms with Crippen molar-refractivity contribution < 1.29 is 24.2 Å². The van der Waals surface area contributed by atoms with Crippen molar-refractivity contribution in [2.45, 2.75) is 38.8 Å². The Hall–Kier alpha value is -2.24. The number of methoxy groups -OCH3 is 1. The van der Waals surface area contributed by atoms with Crippen LogP contribution in [-0.2, 0) is 9.59 Å². The smallest absolute Gasteiger partial charge is 0.326 e. The molecule has 6 nitrogen and oxygen atoms in total. The maximum absolute atomic E-state index is 12.6. The van der Waals surface area contributed by atoms with Gasteiger partial charge in [0, 0.05) is 6.54 Å². The van der Waals surface area contributed by atoms with Crippen LogP contribution < -0.4 is 9.47 Å². The van der Waals surface area contributed by atoms with Gasteiger partial charge in [0.25, 0.3) is 5.91 Å². The fraction of sp³-hybridized carbons (Fsp3) is 0.529. The minimum absolute atomic E-state index is 0.292. The van der Waals surface area contributed by atoms with Crippen LogP contribution in [0, 0.1) is 5.92 Å². The molecule has 1 heterocycles. The summed E-state index contributed by atoms with van der Waals surface area (Å²) in [6, 6.07) is 6.16. The number of aliphatic carboxylic acids is 1. The van der Waals surface area contributed by atoms with Crippen molar-refractivity contribution in [3.8, 4) is 11.5 Å². The van der Waals surface area contributed by atoms with Gasteiger partial charge in [0.2, 0.25) is 0 Å². The molecular formula is C17H23NO5. The molecule has 1 aromatic rings. The Morgan fingerprint density at radius 1 is 1.26 bits per heavy atom. The van der Waals surface area contributed by atoms with Gasteiger partial charge in [-0.05, 0) is 49.9 Å². The molecule has 0 aliphatic carbocycles. The molecule has 1 amide bonds. The number of likely N-dealkylation sites (tertiary alicyclic amines) is 1. The van der Waals surface area contributed by atoms with E-state index >= 15 is 0 Å². The van der Waals surface area contributed by atoms with Crippen molar-refractivity contribution in [1.82, 2.24) is 4.90 Å². The summed E-state index contributed by atoms with van der Waals surface area (Å²) in [5.74, 6) is 0.302. The average Bonchev–Trinajstić information content (AvgIpc) is 2.54. The Balaban J connectivity index is 2.03. The van der Waals surface area contributed by atoms with Gasteiger partial charge < -0.3 is 19.5 Å². The SMILES string of the molecule is COc1ccc(OC(C)C(=O)N2CCC(C)CC2C(=O)O)cc1. The lowest BCUT2D eigenvalue weighted by Gasteiger charge is -2.37. The number of hydrogen-bond donors (Lipinski definition) is 1. The molecule has 6 heteroatoms. The van der Waals surface area contributed by atoms with E-state index in [4.69, 9.17) is 9.47 Å². The van der Waals surface area contributed by atoms with E-state index in [0.717, 1.165) is 6.42 Å². The predicted molar refractivity (Wildman–Crippen MR) is 84.6 cm³/mol. The summed E-state index contributed by atoms with van der Waals surface area (Å²) in [7, 11) is 1.57. The van der Waals surface area contributed by atoms with Crippen LogP contribution in [0.5, 0.6) is 11.5 Å². The molecule has 1 saturated heterocycles. The zero-order chi connectivity index (χ0) is 17.0. The van der Waals surface area contributed by atoms with Gasteiger partial charge in [0.1, 0.15) is 17.5 Å². The minimum atomic E-state index is -0.957. The third-order valence-electron chi connectivity index (χ3n) is 4.15. The van der Waals surface area contributed by atoms with E-state index in [9.17, 15) is 14.7 Å². The van der Waals surface area contributed by atoms with Crippen molar-refractivity contribution >= 4 is 11.9 Å².